The lowest BCUT2D eigenvalue weighted by molar-refractivity contribution is 0.0124. The minimum absolute atomic E-state index is 0.130. The van der Waals surface area contributed by atoms with Crippen molar-refractivity contribution in [3.63, 3.8) is 0 Å². The lowest BCUT2D eigenvalue weighted by Gasteiger charge is -2.20. The van der Waals surface area contributed by atoms with Gasteiger partial charge in [-0.1, -0.05) is 17.3 Å². The molecule has 1 aliphatic heterocycles. The van der Waals surface area contributed by atoms with Gasteiger partial charge in [-0.2, -0.15) is 4.98 Å². The van der Waals surface area contributed by atoms with Crippen LogP contribution in [0, 0.1) is 6.92 Å². The van der Waals surface area contributed by atoms with Crippen LogP contribution < -0.4 is 10.1 Å². The molecule has 1 N–H and O–H groups in total. The molecule has 1 atom stereocenters. The van der Waals surface area contributed by atoms with E-state index in [2.05, 4.69) is 20.4 Å². The van der Waals surface area contributed by atoms with Gasteiger partial charge < -0.3 is 19.3 Å². The Hall–Kier alpha value is -3.72. The zero-order valence-electron chi connectivity index (χ0n) is 18.6. The number of hydrogen-bond donors (Lipinski definition) is 1. The number of rotatable bonds is 6. The van der Waals surface area contributed by atoms with Gasteiger partial charge in [0, 0.05) is 30.1 Å². The molecule has 4 heterocycles. The summed E-state index contributed by atoms with van der Waals surface area (Å²) < 4.78 is 18.2. The Morgan fingerprint density at radius 2 is 2.18 bits per heavy atom. The van der Waals surface area contributed by atoms with Crippen molar-refractivity contribution in [2.24, 2.45) is 0 Å². The van der Waals surface area contributed by atoms with Crippen molar-refractivity contribution in [2.45, 2.75) is 38.7 Å². The van der Waals surface area contributed by atoms with Gasteiger partial charge in [-0.15, -0.1) is 0 Å². The Morgan fingerprint density at radius 1 is 1.27 bits per heavy atom. The molecule has 0 radical (unpaired) electrons. The van der Waals surface area contributed by atoms with Crippen LogP contribution in [0.3, 0.4) is 0 Å². The minimum Gasteiger partial charge on any atom is -0.497 e. The normalized spacial score (nSPS) is 16.1. The maximum atomic E-state index is 13.0. The summed E-state index contributed by atoms with van der Waals surface area (Å²) in [6.07, 6.45) is 7.32. The highest BCUT2D eigenvalue weighted by molar-refractivity contribution is 6.04. The van der Waals surface area contributed by atoms with Gasteiger partial charge in [0.1, 0.15) is 17.1 Å². The Labute approximate surface area is 190 Å². The largest absolute Gasteiger partial charge is 0.497 e. The van der Waals surface area contributed by atoms with Crippen molar-refractivity contribution >= 4 is 17.2 Å². The number of ether oxygens (including phenoxy) is 2. The van der Waals surface area contributed by atoms with E-state index in [9.17, 15) is 4.79 Å². The van der Waals surface area contributed by atoms with Crippen molar-refractivity contribution in [3.8, 4) is 17.1 Å². The van der Waals surface area contributed by atoms with Gasteiger partial charge in [-0.3, -0.25) is 9.20 Å². The third-order valence-corrected chi connectivity index (χ3v) is 5.84. The van der Waals surface area contributed by atoms with Gasteiger partial charge in [0.15, 0.2) is 0 Å². The first-order valence-electron chi connectivity index (χ1n) is 11.0. The molecule has 0 saturated carbocycles. The monoisotopic (exact) mass is 447 g/mol. The van der Waals surface area contributed by atoms with Crippen LogP contribution in [0.25, 0.3) is 17.0 Å². The van der Waals surface area contributed by atoms with E-state index in [0.29, 0.717) is 40.9 Å². The van der Waals surface area contributed by atoms with Crippen LogP contribution >= 0.6 is 0 Å². The second kappa shape index (κ2) is 9.03. The zero-order chi connectivity index (χ0) is 22.8. The molecule has 0 bridgehead atoms. The topological polar surface area (TPSA) is 104 Å². The molecule has 33 heavy (non-hydrogen) atoms. The molecule has 1 aromatic carbocycles. The zero-order valence-corrected chi connectivity index (χ0v) is 18.6. The molecule has 1 amide bonds. The molecular formula is C24H25N5O4. The Bertz CT molecular complexity index is 1290. The van der Waals surface area contributed by atoms with Crippen molar-refractivity contribution in [1.82, 2.24) is 19.5 Å². The number of pyridine rings is 1. The maximum absolute atomic E-state index is 13.0. The first-order chi connectivity index (χ1) is 16.1. The van der Waals surface area contributed by atoms with E-state index in [1.165, 1.54) is 0 Å². The average Bonchev–Trinajstić information content (AvgIpc) is 3.48. The summed E-state index contributed by atoms with van der Waals surface area (Å²) in [6, 6.07) is 9.24. The second-order valence-corrected chi connectivity index (χ2v) is 8.13. The number of aromatic nitrogens is 4. The Kier molecular flexibility index (Phi) is 5.78. The third-order valence-electron chi connectivity index (χ3n) is 5.84. The number of benzene rings is 1. The molecule has 9 nitrogen and oxygen atoms in total. The number of fused-ring (bicyclic) bond motifs is 1. The molecule has 1 saturated heterocycles. The number of amides is 1. The molecule has 4 aromatic rings. The van der Waals surface area contributed by atoms with Crippen LogP contribution in [0.1, 0.15) is 41.2 Å². The smallest absolute Gasteiger partial charge is 0.274 e. The Balaban J connectivity index is 1.34. The van der Waals surface area contributed by atoms with E-state index in [1.807, 2.05) is 25.1 Å². The molecule has 0 aliphatic carbocycles. The molecule has 1 fully saturated rings. The molecule has 0 spiro atoms. The molecule has 9 heteroatoms. The van der Waals surface area contributed by atoms with Crippen molar-refractivity contribution in [2.75, 3.05) is 19.0 Å². The fraction of sp³-hybridized carbons (Fsp3) is 0.333. The number of nitrogens with one attached hydrogen (secondary N) is 1. The van der Waals surface area contributed by atoms with Crippen LogP contribution in [-0.2, 0) is 11.2 Å². The van der Waals surface area contributed by atoms with E-state index in [0.717, 1.165) is 37.0 Å². The highest BCUT2D eigenvalue weighted by atomic mass is 16.5. The quantitative estimate of drug-likeness (QED) is 0.475. The lowest BCUT2D eigenvalue weighted by Crippen LogP contribution is -2.21. The highest BCUT2D eigenvalue weighted by Gasteiger charge is 2.19. The van der Waals surface area contributed by atoms with E-state index in [-0.39, 0.29) is 12.0 Å². The molecular weight excluding hydrogens is 422 g/mol. The lowest BCUT2D eigenvalue weighted by atomic mass is 10.1. The van der Waals surface area contributed by atoms with Crippen LogP contribution in [0.15, 0.2) is 47.2 Å². The first kappa shape index (κ1) is 21.1. The summed E-state index contributed by atoms with van der Waals surface area (Å²) in [6.45, 7) is 2.72. The number of carbonyl (C=O) groups excluding carboxylic acids is 1. The number of hydrogen-bond acceptors (Lipinski definition) is 7. The summed E-state index contributed by atoms with van der Waals surface area (Å²) in [4.78, 5) is 21.8. The van der Waals surface area contributed by atoms with Crippen LogP contribution in [0.5, 0.6) is 5.75 Å². The number of imidazole rings is 1. The summed E-state index contributed by atoms with van der Waals surface area (Å²) in [5.74, 6) is 1.46. The second-order valence-electron chi connectivity index (χ2n) is 8.13. The fourth-order valence-corrected chi connectivity index (χ4v) is 3.96. The average molecular weight is 447 g/mol. The van der Waals surface area contributed by atoms with Crippen LogP contribution in [0.2, 0.25) is 0 Å². The molecule has 170 valence electrons. The highest BCUT2D eigenvalue weighted by Crippen LogP contribution is 2.25. The minimum atomic E-state index is -0.267. The number of anilines is 1. The third kappa shape index (κ3) is 4.45. The maximum Gasteiger partial charge on any atom is 0.274 e. The molecule has 1 unspecified atom stereocenters. The summed E-state index contributed by atoms with van der Waals surface area (Å²) in [5.41, 5.74) is 3.40. The predicted molar refractivity (Wildman–Crippen MR) is 121 cm³/mol. The first-order valence-corrected chi connectivity index (χ1v) is 11.0. The molecule has 1 aliphatic rings. The van der Waals surface area contributed by atoms with Gasteiger partial charge >= 0.3 is 0 Å². The van der Waals surface area contributed by atoms with Crippen molar-refractivity contribution in [3.05, 3.63) is 59.9 Å². The SMILES string of the molecule is COc1ccn2c(C(=O)Nc3cc(-c4noc(CC5CCCCO5)n4)ccc3C)cnc2c1. The summed E-state index contributed by atoms with van der Waals surface area (Å²) >= 11 is 0. The van der Waals surface area contributed by atoms with E-state index >= 15 is 0 Å². The molecule has 5 rings (SSSR count). The van der Waals surface area contributed by atoms with Crippen LogP contribution in [0.4, 0.5) is 5.69 Å². The van der Waals surface area contributed by atoms with E-state index in [1.54, 1.807) is 36.0 Å². The Morgan fingerprint density at radius 3 is 3.00 bits per heavy atom. The summed E-state index contributed by atoms with van der Waals surface area (Å²) in [5, 5.41) is 7.11. The van der Waals surface area contributed by atoms with Gasteiger partial charge in [0.05, 0.1) is 25.8 Å². The number of aryl methyl sites for hydroxylation is 1. The van der Waals surface area contributed by atoms with Crippen molar-refractivity contribution < 1.29 is 18.8 Å². The van der Waals surface area contributed by atoms with Gasteiger partial charge in [0.25, 0.3) is 5.91 Å². The number of nitrogens with zero attached hydrogens (tertiary/aromatic N) is 4. The van der Waals surface area contributed by atoms with Crippen LogP contribution in [-0.4, -0.2) is 45.3 Å². The van der Waals surface area contributed by atoms with Gasteiger partial charge in [-0.25, -0.2) is 4.98 Å². The van der Waals surface area contributed by atoms with Crippen molar-refractivity contribution in [1.29, 1.82) is 0 Å². The summed E-state index contributed by atoms with van der Waals surface area (Å²) in [7, 11) is 1.59. The number of methoxy groups -OCH3 is 1. The predicted octanol–water partition coefficient (Wildman–Crippen LogP) is 4.07. The van der Waals surface area contributed by atoms with Gasteiger partial charge in [-0.05, 0) is 43.9 Å². The standard InChI is InChI=1S/C24H25N5O4/c1-15-6-7-16(23-27-22(33-28-23)13-18-5-3-4-10-32-18)11-19(15)26-24(30)20-14-25-21-12-17(31-2)8-9-29(20)21/h6-9,11-12,14,18H,3-5,10,13H2,1-2H3,(H,26,30). The number of carbonyl (C=O) groups is 1. The fourth-order valence-electron chi connectivity index (χ4n) is 3.96. The van der Waals surface area contributed by atoms with E-state index < -0.39 is 0 Å². The molecule has 3 aromatic heterocycles. The van der Waals surface area contributed by atoms with Gasteiger partial charge in [0.2, 0.25) is 11.7 Å². The van der Waals surface area contributed by atoms with E-state index in [4.69, 9.17) is 14.0 Å².